The molecule has 1 saturated carbocycles. The molecule has 2 aliphatic rings. The van der Waals surface area contributed by atoms with Crippen LogP contribution in [0.1, 0.15) is 43.2 Å². The van der Waals surface area contributed by atoms with Crippen LogP contribution in [0, 0.1) is 11.8 Å². The van der Waals surface area contributed by atoms with E-state index in [-0.39, 0.29) is 30.0 Å². The van der Waals surface area contributed by atoms with Crippen LogP contribution in [0.2, 0.25) is 0 Å². The molecule has 1 aromatic heterocycles. The summed E-state index contributed by atoms with van der Waals surface area (Å²) in [5.74, 6) is -1.14. The number of nitrogens with zero attached hydrogens (tertiary/aromatic N) is 2. The van der Waals surface area contributed by atoms with E-state index in [2.05, 4.69) is 0 Å². The highest BCUT2D eigenvalue weighted by molar-refractivity contribution is 7.89. The van der Waals surface area contributed by atoms with Gasteiger partial charge in [0.1, 0.15) is 0 Å². The van der Waals surface area contributed by atoms with Gasteiger partial charge in [-0.15, -0.1) is 0 Å². The molecular formula is C17H24N2O6S. The molecule has 1 aliphatic carbocycles. The Kier molecular flexibility index (Phi) is 5.38. The largest absolute Gasteiger partial charge is 0.475 e. The molecule has 1 aliphatic heterocycles. The van der Waals surface area contributed by atoms with Crippen molar-refractivity contribution < 1.29 is 27.5 Å². The standard InChI is InChI=1S/C17H24N2O6S/c1-2-18(11-12-3-4-12)16(20)13-7-9-19(10-8-13)26(23,24)15-6-5-14(25-15)17(21)22/h5-6,12-13H,2-4,7-11H2,1H3,(H,21,22). The zero-order valence-electron chi connectivity index (χ0n) is 14.8. The van der Waals surface area contributed by atoms with Crippen LogP contribution in [0.5, 0.6) is 0 Å². The van der Waals surface area contributed by atoms with Crippen LogP contribution in [-0.4, -0.2) is 60.8 Å². The summed E-state index contributed by atoms with van der Waals surface area (Å²) in [7, 11) is -3.88. The Morgan fingerprint density at radius 2 is 1.88 bits per heavy atom. The molecule has 9 heteroatoms. The third-order valence-electron chi connectivity index (χ3n) is 5.06. The molecule has 0 radical (unpaired) electrons. The van der Waals surface area contributed by atoms with Crippen molar-refractivity contribution in [1.82, 2.24) is 9.21 Å². The third-order valence-corrected chi connectivity index (χ3v) is 6.83. The highest BCUT2D eigenvalue weighted by Crippen LogP contribution is 2.31. The van der Waals surface area contributed by atoms with E-state index in [0.717, 1.165) is 18.7 Å². The maximum atomic E-state index is 12.7. The Morgan fingerprint density at radius 3 is 2.38 bits per heavy atom. The lowest BCUT2D eigenvalue weighted by molar-refractivity contribution is -0.136. The average Bonchev–Trinajstić information content (AvgIpc) is 3.29. The van der Waals surface area contributed by atoms with Crippen molar-refractivity contribution in [1.29, 1.82) is 0 Å². The zero-order chi connectivity index (χ0) is 18.9. The second-order valence-corrected chi connectivity index (χ2v) is 8.79. The molecule has 0 spiro atoms. The van der Waals surface area contributed by atoms with Gasteiger partial charge < -0.3 is 14.4 Å². The Labute approximate surface area is 152 Å². The number of furan rings is 1. The number of sulfonamides is 1. The van der Waals surface area contributed by atoms with Gasteiger partial charge in [0, 0.05) is 32.1 Å². The summed E-state index contributed by atoms with van der Waals surface area (Å²) in [4.78, 5) is 25.4. The third kappa shape index (κ3) is 3.93. The van der Waals surface area contributed by atoms with E-state index in [9.17, 15) is 18.0 Å². The number of piperidine rings is 1. The molecule has 0 bridgehead atoms. The van der Waals surface area contributed by atoms with Gasteiger partial charge in [0.15, 0.2) is 0 Å². The van der Waals surface area contributed by atoms with Crippen LogP contribution in [0.25, 0.3) is 0 Å². The van der Waals surface area contributed by atoms with Crippen LogP contribution in [0.3, 0.4) is 0 Å². The van der Waals surface area contributed by atoms with E-state index in [1.54, 1.807) is 0 Å². The number of carboxylic acids is 1. The number of hydrogen-bond acceptors (Lipinski definition) is 5. The van der Waals surface area contributed by atoms with E-state index < -0.39 is 21.8 Å². The quantitative estimate of drug-likeness (QED) is 0.765. The molecule has 0 aromatic carbocycles. The van der Waals surface area contributed by atoms with Crippen LogP contribution in [-0.2, 0) is 14.8 Å². The summed E-state index contributed by atoms with van der Waals surface area (Å²) in [5.41, 5.74) is 0. The van der Waals surface area contributed by atoms with Crippen LogP contribution >= 0.6 is 0 Å². The molecule has 1 amide bonds. The first-order valence-electron chi connectivity index (χ1n) is 8.95. The highest BCUT2D eigenvalue weighted by atomic mass is 32.2. The molecule has 26 heavy (non-hydrogen) atoms. The van der Waals surface area contributed by atoms with Crippen molar-refractivity contribution in [3.8, 4) is 0 Å². The molecule has 8 nitrogen and oxygen atoms in total. The minimum absolute atomic E-state index is 0.114. The first kappa shape index (κ1) is 18.9. The summed E-state index contributed by atoms with van der Waals surface area (Å²) in [5, 5.41) is 8.50. The maximum absolute atomic E-state index is 12.7. The fourth-order valence-electron chi connectivity index (χ4n) is 3.29. The first-order chi connectivity index (χ1) is 12.3. The van der Waals surface area contributed by atoms with Gasteiger partial charge in [-0.2, -0.15) is 4.31 Å². The lowest BCUT2D eigenvalue weighted by atomic mass is 9.96. The van der Waals surface area contributed by atoms with Gasteiger partial charge >= 0.3 is 5.97 Å². The number of rotatable bonds is 7. The number of amides is 1. The van der Waals surface area contributed by atoms with Gasteiger partial charge in [0.2, 0.25) is 16.8 Å². The molecule has 144 valence electrons. The Bertz CT molecular complexity index is 775. The molecule has 2 fully saturated rings. The van der Waals surface area contributed by atoms with Gasteiger partial charge in [-0.05, 0) is 50.7 Å². The van der Waals surface area contributed by atoms with Crippen LogP contribution < -0.4 is 0 Å². The normalized spacial score (nSPS) is 19.4. The molecule has 1 saturated heterocycles. The van der Waals surface area contributed by atoms with Gasteiger partial charge in [0.25, 0.3) is 10.0 Å². The fraction of sp³-hybridized carbons (Fsp3) is 0.647. The van der Waals surface area contributed by atoms with Gasteiger partial charge in [-0.25, -0.2) is 13.2 Å². The van der Waals surface area contributed by atoms with Crippen LogP contribution in [0.15, 0.2) is 21.6 Å². The zero-order valence-corrected chi connectivity index (χ0v) is 15.6. The summed E-state index contributed by atoms with van der Waals surface area (Å²) in [6.07, 6.45) is 3.29. The second kappa shape index (κ2) is 7.40. The smallest absolute Gasteiger partial charge is 0.371 e. The average molecular weight is 384 g/mol. The predicted molar refractivity (Wildman–Crippen MR) is 92.1 cm³/mol. The van der Waals surface area contributed by atoms with E-state index in [0.29, 0.717) is 25.3 Å². The van der Waals surface area contributed by atoms with E-state index >= 15 is 0 Å². The lowest BCUT2D eigenvalue weighted by Crippen LogP contribution is -2.44. The fourth-order valence-corrected chi connectivity index (χ4v) is 4.67. The first-order valence-corrected chi connectivity index (χ1v) is 10.4. The topological polar surface area (TPSA) is 108 Å². The maximum Gasteiger partial charge on any atom is 0.371 e. The van der Waals surface area contributed by atoms with Crippen molar-refractivity contribution >= 4 is 21.9 Å². The molecule has 1 N–H and O–H groups in total. The second-order valence-electron chi connectivity index (χ2n) is 6.92. The summed E-state index contributed by atoms with van der Waals surface area (Å²) < 4.78 is 31.4. The number of carbonyl (C=O) groups excluding carboxylic acids is 1. The van der Waals surface area contributed by atoms with Crippen LogP contribution in [0.4, 0.5) is 0 Å². The summed E-state index contributed by atoms with van der Waals surface area (Å²) in [6, 6.07) is 2.28. The molecule has 0 unspecified atom stereocenters. The number of carbonyl (C=O) groups is 2. The molecule has 1 aromatic rings. The Balaban J connectivity index is 1.61. The summed E-state index contributed by atoms with van der Waals surface area (Å²) >= 11 is 0. The molecule has 2 heterocycles. The number of carboxylic acid groups (broad SMARTS) is 1. The van der Waals surface area contributed by atoms with Crippen molar-refractivity contribution in [3.05, 3.63) is 17.9 Å². The molecular weight excluding hydrogens is 360 g/mol. The van der Waals surface area contributed by atoms with Crippen molar-refractivity contribution in [2.75, 3.05) is 26.2 Å². The molecule has 0 atom stereocenters. The minimum Gasteiger partial charge on any atom is -0.475 e. The SMILES string of the molecule is CCN(CC1CC1)C(=O)C1CCN(S(=O)(=O)c2ccc(C(=O)O)o2)CC1. The monoisotopic (exact) mass is 384 g/mol. The van der Waals surface area contributed by atoms with Gasteiger partial charge in [-0.3, -0.25) is 4.79 Å². The van der Waals surface area contributed by atoms with Crippen molar-refractivity contribution in [2.24, 2.45) is 11.8 Å². The van der Waals surface area contributed by atoms with E-state index in [1.165, 1.54) is 17.1 Å². The number of aromatic carboxylic acids is 1. The highest BCUT2D eigenvalue weighted by Gasteiger charge is 2.36. The summed E-state index contributed by atoms with van der Waals surface area (Å²) in [6.45, 7) is 3.90. The minimum atomic E-state index is -3.88. The van der Waals surface area contributed by atoms with Gasteiger partial charge in [0.05, 0.1) is 0 Å². The Morgan fingerprint density at radius 1 is 1.23 bits per heavy atom. The van der Waals surface area contributed by atoms with E-state index in [1.807, 2.05) is 11.8 Å². The molecule has 3 rings (SSSR count). The van der Waals surface area contributed by atoms with Crippen molar-refractivity contribution in [2.45, 2.75) is 37.7 Å². The lowest BCUT2D eigenvalue weighted by Gasteiger charge is -2.33. The van der Waals surface area contributed by atoms with Crippen molar-refractivity contribution in [3.63, 3.8) is 0 Å². The number of hydrogen-bond donors (Lipinski definition) is 1. The Hall–Kier alpha value is -1.87. The predicted octanol–water partition coefficient (Wildman–Crippen LogP) is 1.64. The van der Waals surface area contributed by atoms with Gasteiger partial charge in [-0.1, -0.05) is 0 Å². The van der Waals surface area contributed by atoms with E-state index in [4.69, 9.17) is 9.52 Å².